The van der Waals surface area contributed by atoms with Gasteiger partial charge in [0.2, 0.25) is 0 Å². The number of hydrogen-bond acceptors (Lipinski definition) is 6. The highest BCUT2D eigenvalue weighted by Gasteiger charge is 2.41. The molecule has 0 saturated carbocycles. The quantitative estimate of drug-likeness (QED) is 0.513. The first kappa shape index (κ1) is 14.9. The lowest BCUT2D eigenvalue weighted by molar-refractivity contribution is -0.144. The molecule has 2 aromatic rings. The number of aromatic hydroxyl groups is 2. The number of benzene rings is 2. The number of rotatable bonds is 3. The first-order chi connectivity index (χ1) is 11.0. The van der Waals surface area contributed by atoms with Gasteiger partial charge in [0.05, 0.1) is 7.11 Å². The molecule has 0 radical (unpaired) electrons. The summed E-state index contributed by atoms with van der Waals surface area (Å²) in [5.74, 6) is -1.37. The van der Waals surface area contributed by atoms with E-state index in [9.17, 15) is 19.8 Å². The lowest BCUT2D eigenvalue weighted by atomic mass is 9.90. The number of fused-ring (bicyclic) bond motifs is 1. The van der Waals surface area contributed by atoms with Crippen molar-refractivity contribution in [2.24, 2.45) is 0 Å². The van der Waals surface area contributed by atoms with Crippen LogP contribution < -0.4 is 4.74 Å². The molecule has 1 heterocycles. The molecule has 0 fully saturated rings. The van der Waals surface area contributed by atoms with E-state index in [-0.39, 0.29) is 11.5 Å². The van der Waals surface area contributed by atoms with Crippen molar-refractivity contribution in [3.05, 3.63) is 53.1 Å². The number of carbonyl (C=O) groups is 2. The number of aldehydes is 1. The Morgan fingerprint density at radius 3 is 2.61 bits per heavy atom. The van der Waals surface area contributed by atoms with Gasteiger partial charge in [-0.1, -0.05) is 6.07 Å². The molecule has 1 aliphatic rings. The third-order valence-electron chi connectivity index (χ3n) is 3.84. The summed E-state index contributed by atoms with van der Waals surface area (Å²) in [6, 6.07) is 9.02. The van der Waals surface area contributed by atoms with E-state index >= 15 is 0 Å². The molecule has 6 heteroatoms. The van der Waals surface area contributed by atoms with Crippen LogP contribution in [0.3, 0.4) is 0 Å². The fourth-order valence-electron chi connectivity index (χ4n) is 2.71. The Labute approximate surface area is 131 Å². The average molecular weight is 314 g/mol. The van der Waals surface area contributed by atoms with Gasteiger partial charge in [-0.2, -0.15) is 0 Å². The topological polar surface area (TPSA) is 93.1 Å². The summed E-state index contributed by atoms with van der Waals surface area (Å²) < 4.78 is 10.7. The van der Waals surface area contributed by atoms with Crippen molar-refractivity contribution in [3.63, 3.8) is 0 Å². The standard InChI is InChI=1S/C17H14O6/c1-22-17(21)15-11-6-9(8-18)2-5-14(11)23-16(15)10-3-4-12(19)13(20)7-10/h2-8,15-16,19-20H,1H3/t15-,16+/m1/s1. The van der Waals surface area contributed by atoms with Crippen LogP contribution in [0.1, 0.15) is 33.5 Å². The van der Waals surface area contributed by atoms with E-state index in [1.807, 2.05) is 0 Å². The van der Waals surface area contributed by atoms with Gasteiger partial charge in [-0.15, -0.1) is 0 Å². The van der Waals surface area contributed by atoms with Crippen molar-refractivity contribution < 1.29 is 29.3 Å². The third kappa shape index (κ3) is 2.48. The van der Waals surface area contributed by atoms with E-state index < -0.39 is 18.0 Å². The monoisotopic (exact) mass is 314 g/mol. The zero-order valence-electron chi connectivity index (χ0n) is 12.2. The fraction of sp³-hybridized carbons (Fsp3) is 0.176. The second-order valence-electron chi connectivity index (χ2n) is 5.20. The summed E-state index contributed by atoms with van der Waals surface area (Å²) >= 11 is 0. The minimum Gasteiger partial charge on any atom is -0.504 e. The van der Waals surface area contributed by atoms with Gasteiger partial charge >= 0.3 is 5.97 Å². The van der Waals surface area contributed by atoms with Crippen molar-refractivity contribution in [3.8, 4) is 17.2 Å². The molecule has 0 saturated heterocycles. The van der Waals surface area contributed by atoms with Gasteiger partial charge in [0.1, 0.15) is 24.1 Å². The fourth-order valence-corrected chi connectivity index (χ4v) is 2.71. The number of methoxy groups -OCH3 is 1. The first-order valence-electron chi connectivity index (χ1n) is 6.90. The minimum absolute atomic E-state index is 0.262. The Balaban J connectivity index is 2.08. The van der Waals surface area contributed by atoms with E-state index in [2.05, 4.69) is 0 Å². The van der Waals surface area contributed by atoms with Crippen molar-refractivity contribution in [2.45, 2.75) is 12.0 Å². The van der Waals surface area contributed by atoms with Gasteiger partial charge in [0.15, 0.2) is 11.5 Å². The largest absolute Gasteiger partial charge is 0.504 e. The number of phenols is 2. The van der Waals surface area contributed by atoms with Crippen LogP contribution in [0.2, 0.25) is 0 Å². The molecule has 0 bridgehead atoms. The van der Waals surface area contributed by atoms with E-state index in [1.54, 1.807) is 24.3 Å². The molecule has 0 aromatic heterocycles. The third-order valence-corrected chi connectivity index (χ3v) is 3.84. The van der Waals surface area contributed by atoms with Crippen LogP contribution in [0.4, 0.5) is 0 Å². The van der Waals surface area contributed by atoms with Gasteiger partial charge in [-0.05, 0) is 35.9 Å². The number of hydrogen-bond donors (Lipinski definition) is 2. The van der Waals surface area contributed by atoms with Gasteiger partial charge < -0.3 is 19.7 Å². The van der Waals surface area contributed by atoms with Crippen LogP contribution in [0, 0.1) is 0 Å². The molecular formula is C17H14O6. The summed E-state index contributed by atoms with van der Waals surface area (Å²) in [7, 11) is 1.27. The van der Waals surface area contributed by atoms with Crippen molar-refractivity contribution in [1.82, 2.24) is 0 Å². The maximum absolute atomic E-state index is 12.2. The van der Waals surface area contributed by atoms with Crippen LogP contribution >= 0.6 is 0 Å². The molecular weight excluding hydrogens is 300 g/mol. The molecule has 3 rings (SSSR count). The molecule has 2 aromatic carbocycles. The normalized spacial score (nSPS) is 18.8. The summed E-state index contributed by atoms with van der Waals surface area (Å²) in [6.45, 7) is 0. The molecule has 1 aliphatic heterocycles. The zero-order valence-corrected chi connectivity index (χ0v) is 12.2. The summed E-state index contributed by atoms with van der Waals surface area (Å²) in [4.78, 5) is 23.2. The highest BCUT2D eigenvalue weighted by Crippen LogP contribution is 2.47. The van der Waals surface area contributed by atoms with Crippen LogP contribution in [0.5, 0.6) is 17.2 Å². The Bertz CT molecular complexity index is 783. The molecule has 118 valence electrons. The number of phenolic OH excluding ortho intramolecular Hbond substituents is 2. The Hall–Kier alpha value is -3.02. The molecule has 0 amide bonds. The average Bonchev–Trinajstić information content (AvgIpc) is 2.95. The van der Waals surface area contributed by atoms with E-state index in [0.717, 1.165) is 0 Å². The van der Waals surface area contributed by atoms with E-state index in [4.69, 9.17) is 9.47 Å². The number of ether oxygens (including phenoxy) is 2. The summed E-state index contributed by atoms with van der Waals surface area (Å²) in [5.41, 5.74) is 1.49. The highest BCUT2D eigenvalue weighted by atomic mass is 16.5. The van der Waals surface area contributed by atoms with Crippen LogP contribution in [0.15, 0.2) is 36.4 Å². The summed E-state index contributed by atoms with van der Waals surface area (Å²) in [6.07, 6.45) is -0.0280. The molecule has 0 spiro atoms. The predicted octanol–water partition coefficient (Wildman–Crippen LogP) is 2.30. The van der Waals surface area contributed by atoms with Crippen LogP contribution in [0.25, 0.3) is 0 Å². The Morgan fingerprint density at radius 2 is 1.96 bits per heavy atom. The minimum atomic E-state index is -0.765. The van der Waals surface area contributed by atoms with Gasteiger partial charge in [-0.25, -0.2) is 0 Å². The van der Waals surface area contributed by atoms with Crippen molar-refractivity contribution in [1.29, 1.82) is 0 Å². The van der Waals surface area contributed by atoms with Crippen molar-refractivity contribution >= 4 is 12.3 Å². The van der Waals surface area contributed by atoms with Gasteiger partial charge in [0, 0.05) is 11.1 Å². The van der Waals surface area contributed by atoms with Gasteiger partial charge in [-0.3, -0.25) is 9.59 Å². The smallest absolute Gasteiger partial charge is 0.317 e. The lowest BCUT2D eigenvalue weighted by Crippen LogP contribution is -2.20. The van der Waals surface area contributed by atoms with Crippen LogP contribution in [-0.4, -0.2) is 29.6 Å². The van der Waals surface area contributed by atoms with E-state index in [1.165, 1.54) is 19.2 Å². The summed E-state index contributed by atoms with van der Waals surface area (Å²) in [5, 5.41) is 19.1. The zero-order chi connectivity index (χ0) is 16.6. The second-order valence-corrected chi connectivity index (χ2v) is 5.20. The second kappa shape index (κ2) is 5.64. The molecule has 2 N–H and O–H groups in total. The Morgan fingerprint density at radius 1 is 1.17 bits per heavy atom. The first-order valence-corrected chi connectivity index (χ1v) is 6.90. The Kier molecular flexibility index (Phi) is 3.65. The van der Waals surface area contributed by atoms with E-state index in [0.29, 0.717) is 28.7 Å². The maximum Gasteiger partial charge on any atom is 0.317 e. The molecule has 0 aliphatic carbocycles. The molecule has 0 unspecified atom stereocenters. The predicted molar refractivity (Wildman–Crippen MR) is 79.7 cm³/mol. The number of esters is 1. The highest BCUT2D eigenvalue weighted by molar-refractivity contribution is 5.84. The van der Waals surface area contributed by atoms with Crippen LogP contribution in [-0.2, 0) is 9.53 Å². The maximum atomic E-state index is 12.2. The SMILES string of the molecule is COC(=O)[C@@H]1c2cc(C=O)ccc2O[C@H]1c1ccc(O)c(O)c1. The molecule has 23 heavy (non-hydrogen) atoms. The molecule has 6 nitrogen and oxygen atoms in total. The van der Waals surface area contributed by atoms with Crippen molar-refractivity contribution in [2.75, 3.05) is 7.11 Å². The lowest BCUT2D eigenvalue weighted by Gasteiger charge is -2.18. The van der Waals surface area contributed by atoms with Gasteiger partial charge in [0.25, 0.3) is 0 Å². The molecule has 2 atom stereocenters. The number of carbonyl (C=O) groups excluding carboxylic acids is 2.